The summed E-state index contributed by atoms with van der Waals surface area (Å²) >= 11 is 0. The lowest BCUT2D eigenvalue weighted by Gasteiger charge is -2.12. The van der Waals surface area contributed by atoms with E-state index < -0.39 is 12.0 Å². The lowest BCUT2D eigenvalue weighted by Crippen LogP contribution is -2.40. The third kappa shape index (κ3) is 4.45. The molecule has 0 spiro atoms. The van der Waals surface area contributed by atoms with Gasteiger partial charge in [-0.1, -0.05) is 12.1 Å². The molecule has 98 valence electrons. The Morgan fingerprint density at radius 3 is 2.78 bits per heavy atom. The molecule has 1 amide bonds. The number of carbonyl (C=O) groups excluding carboxylic acids is 2. The number of anilines is 1. The van der Waals surface area contributed by atoms with Crippen molar-refractivity contribution >= 4 is 17.6 Å². The number of hydrogen-bond acceptors (Lipinski definition) is 4. The number of rotatable bonds is 5. The highest BCUT2D eigenvalue weighted by molar-refractivity contribution is 5.85. The molecule has 5 nitrogen and oxygen atoms in total. The fourth-order valence-electron chi connectivity index (χ4n) is 1.51. The topological polar surface area (TPSA) is 81.4 Å². The van der Waals surface area contributed by atoms with E-state index in [0.717, 1.165) is 5.56 Å². The summed E-state index contributed by atoms with van der Waals surface area (Å²) in [6, 6.07) is 6.44. The number of carbonyl (C=O) groups is 2. The van der Waals surface area contributed by atoms with E-state index in [-0.39, 0.29) is 12.3 Å². The Bertz CT molecular complexity index is 432. The number of hydrogen-bond donors (Lipinski definition) is 2. The number of benzene rings is 1. The van der Waals surface area contributed by atoms with Gasteiger partial charge in [0, 0.05) is 5.69 Å². The third-order valence-corrected chi connectivity index (χ3v) is 2.33. The largest absolute Gasteiger partial charge is 0.464 e. The monoisotopic (exact) mass is 250 g/mol. The van der Waals surface area contributed by atoms with Crippen LogP contribution in [0.2, 0.25) is 0 Å². The zero-order chi connectivity index (χ0) is 13.5. The van der Waals surface area contributed by atoms with Crippen molar-refractivity contribution in [1.82, 2.24) is 5.32 Å². The third-order valence-electron chi connectivity index (χ3n) is 2.33. The lowest BCUT2D eigenvalue weighted by molar-refractivity contribution is -0.146. The molecule has 0 fully saturated rings. The maximum absolute atomic E-state index is 11.7. The number of nitrogen functional groups attached to an aromatic ring is 1. The Morgan fingerprint density at radius 2 is 2.17 bits per heavy atom. The van der Waals surface area contributed by atoms with Gasteiger partial charge in [-0.2, -0.15) is 0 Å². The van der Waals surface area contributed by atoms with Gasteiger partial charge in [0.1, 0.15) is 6.04 Å². The Hall–Kier alpha value is -2.04. The van der Waals surface area contributed by atoms with Crippen LogP contribution >= 0.6 is 0 Å². The number of ether oxygens (including phenoxy) is 1. The minimum absolute atomic E-state index is 0.189. The van der Waals surface area contributed by atoms with Crippen molar-refractivity contribution < 1.29 is 14.3 Å². The van der Waals surface area contributed by atoms with Gasteiger partial charge in [-0.15, -0.1) is 0 Å². The molecule has 5 heteroatoms. The van der Waals surface area contributed by atoms with Crippen LogP contribution in [-0.2, 0) is 20.7 Å². The van der Waals surface area contributed by atoms with Crippen LogP contribution in [0.4, 0.5) is 5.69 Å². The van der Waals surface area contributed by atoms with Gasteiger partial charge < -0.3 is 15.8 Å². The molecule has 0 bridgehead atoms. The molecule has 1 rings (SSSR count). The molecule has 0 heterocycles. The first kappa shape index (κ1) is 14.0. The normalized spacial score (nSPS) is 11.7. The van der Waals surface area contributed by atoms with Gasteiger partial charge >= 0.3 is 5.97 Å². The lowest BCUT2D eigenvalue weighted by atomic mass is 10.1. The van der Waals surface area contributed by atoms with E-state index in [2.05, 4.69) is 5.32 Å². The first-order valence-corrected chi connectivity index (χ1v) is 5.83. The van der Waals surface area contributed by atoms with Crippen LogP contribution in [0.3, 0.4) is 0 Å². The maximum Gasteiger partial charge on any atom is 0.328 e. The van der Waals surface area contributed by atoms with E-state index in [1.807, 2.05) is 6.07 Å². The molecule has 0 saturated heterocycles. The van der Waals surface area contributed by atoms with Crippen molar-refractivity contribution in [2.75, 3.05) is 12.3 Å². The van der Waals surface area contributed by atoms with E-state index in [1.165, 1.54) is 0 Å². The molecule has 0 aliphatic rings. The molecule has 3 N–H and O–H groups in total. The molecular formula is C13H18N2O3. The minimum atomic E-state index is -0.640. The summed E-state index contributed by atoms with van der Waals surface area (Å²) in [6.45, 7) is 3.61. The highest BCUT2D eigenvalue weighted by atomic mass is 16.5. The van der Waals surface area contributed by atoms with Crippen molar-refractivity contribution in [3.63, 3.8) is 0 Å². The molecule has 0 saturated carbocycles. The van der Waals surface area contributed by atoms with Crippen molar-refractivity contribution in [1.29, 1.82) is 0 Å². The molecule has 0 aliphatic carbocycles. The van der Waals surface area contributed by atoms with E-state index in [4.69, 9.17) is 10.5 Å². The van der Waals surface area contributed by atoms with Gasteiger partial charge in [0.2, 0.25) is 5.91 Å². The molecule has 1 aromatic rings. The predicted molar refractivity (Wildman–Crippen MR) is 68.8 cm³/mol. The van der Waals surface area contributed by atoms with Crippen molar-refractivity contribution in [2.45, 2.75) is 26.3 Å². The van der Waals surface area contributed by atoms with Crippen LogP contribution in [-0.4, -0.2) is 24.5 Å². The highest BCUT2D eigenvalue weighted by Crippen LogP contribution is 2.07. The molecule has 0 aromatic heterocycles. The summed E-state index contributed by atoms with van der Waals surface area (Å²) in [5.41, 5.74) is 7.04. The van der Waals surface area contributed by atoms with Crippen LogP contribution in [0.15, 0.2) is 24.3 Å². The summed E-state index contributed by atoms with van der Waals surface area (Å²) in [5, 5.41) is 2.58. The minimum Gasteiger partial charge on any atom is -0.464 e. The van der Waals surface area contributed by atoms with Crippen LogP contribution in [0, 0.1) is 0 Å². The number of nitrogens with two attached hydrogens (primary N) is 1. The first-order chi connectivity index (χ1) is 8.52. The average Bonchev–Trinajstić information content (AvgIpc) is 2.28. The Morgan fingerprint density at radius 1 is 1.44 bits per heavy atom. The van der Waals surface area contributed by atoms with Crippen LogP contribution in [0.5, 0.6) is 0 Å². The molecular weight excluding hydrogens is 232 g/mol. The maximum atomic E-state index is 11.7. The van der Waals surface area contributed by atoms with Gasteiger partial charge in [0.25, 0.3) is 0 Å². The summed E-state index contributed by atoms with van der Waals surface area (Å²) in [5.74, 6) is -0.667. The number of nitrogens with one attached hydrogen (secondary N) is 1. The van der Waals surface area contributed by atoms with Gasteiger partial charge in [-0.25, -0.2) is 4.79 Å². The second-order valence-corrected chi connectivity index (χ2v) is 3.96. The summed E-state index contributed by atoms with van der Waals surface area (Å²) in [6.07, 6.45) is 0.189. The zero-order valence-corrected chi connectivity index (χ0v) is 10.6. The Kier molecular flexibility index (Phi) is 5.17. The smallest absolute Gasteiger partial charge is 0.328 e. The second kappa shape index (κ2) is 6.64. The fraction of sp³-hybridized carbons (Fsp3) is 0.385. The summed E-state index contributed by atoms with van der Waals surface area (Å²) in [7, 11) is 0. The quantitative estimate of drug-likeness (QED) is 0.600. The predicted octanol–water partition coefficient (Wildman–Crippen LogP) is 0.879. The molecule has 0 radical (unpaired) electrons. The second-order valence-electron chi connectivity index (χ2n) is 3.96. The molecule has 1 unspecified atom stereocenters. The Labute approximate surface area is 106 Å². The van der Waals surface area contributed by atoms with E-state index in [0.29, 0.717) is 12.3 Å². The van der Waals surface area contributed by atoms with Crippen LogP contribution in [0.1, 0.15) is 19.4 Å². The van der Waals surface area contributed by atoms with Crippen LogP contribution < -0.4 is 11.1 Å². The van der Waals surface area contributed by atoms with Gasteiger partial charge in [-0.05, 0) is 31.5 Å². The van der Waals surface area contributed by atoms with E-state index >= 15 is 0 Å². The zero-order valence-electron chi connectivity index (χ0n) is 10.6. The molecule has 0 aliphatic heterocycles. The van der Waals surface area contributed by atoms with Crippen molar-refractivity contribution in [3.8, 4) is 0 Å². The van der Waals surface area contributed by atoms with Crippen LogP contribution in [0.25, 0.3) is 0 Å². The standard InChI is InChI=1S/C13H18N2O3/c1-3-18-13(17)9(2)15-12(16)8-10-5-4-6-11(14)7-10/h4-7,9H,3,8,14H2,1-2H3,(H,15,16). The summed E-state index contributed by atoms with van der Waals surface area (Å²) in [4.78, 5) is 23.0. The molecule has 1 atom stereocenters. The number of amides is 1. The highest BCUT2D eigenvalue weighted by Gasteiger charge is 2.16. The number of esters is 1. The van der Waals surface area contributed by atoms with E-state index in [1.54, 1.807) is 32.0 Å². The van der Waals surface area contributed by atoms with E-state index in [9.17, 15) is 9.59 Å². The molecule has 1 aromatic carbocycles. The fourth-order valence-corrected chi connectivity index (χ4v) is 1.51. The Balaban J connectivity index is 2.49. The summed E-state index contributed by atoms with van der Waals surface area (Å²) < 4.78 is 4.80. The van der Waals surface area contributed by atoms with Crippen molar-refractivity contribution in [2.24, 2.45) is 0 Å². The SMILES string of the molecule is CCOC(=O)C(C)NC(=O)Cc1cccc(N)c1. The molecule has 18 heavy (non-hydrogen) atoms. The van der Waals surface area contributed by atoms with Gasteiger partial charge in [0.05, 0.1) is 13.0 Å². The van der Waals surface area contributed by atoms with Gasteiger partial charge in [-0.3, -0.25) is 4.79 Å². The van der Waals surface area contributed by atoms with Gasteiger partial charge in [0.15, 0.2) is 0 Å². The average molecular weight is 250 g/mol. The first-order valence-electron chi connectivity index (χ1n) is 5.83. The van der Waals surface area contributed by atoms with Crippen molar-refractivity contribution in [3.05, 3.63) is 29.8 Å².